The summed E-state index contributed by atoms with van der Waals surface area (Å²) >= 11 is 7.52. The van der Waals surface area contributed by atoms with E-state index in [1.165, 1.54) is 6.92 Å². The summed E-state index contributed by atoms with van der Waals surface area (Å²) in [6.45, 7) is 1.52. The van der Waals surface area contributed by atoms with E-state index in [1.54, 1.807) is 17.8 Å². The van der Waals surface area contributed by atoms with Crippen LogP contribution in [0, 0.1) is 0 Å². The number of anilines is 1. The van der Waals surface area contributed by atoms with Gasteiger partial charge in [0.25, 0.3) is 0 Å². The Hall–Kier alpha value is -1.83. The SMILES string of the molecule is CC(=O)c1cccc(N2C(SCc3ccc(Cl)cc3)=N[C@@H]3CS(=O)(=O)C[C@H]32)c1. The van der Waals surface area contributed by atoms with Gasteiger partial charge in [0.05, 0.1) is 23.6 Å². The maximum Gasteiger partial charge on any atom is 0.164 e. The van der Waals surface area contributed by atoms with Gasteiger partial charge in [0.1, 0.15) is 0 Å². The number of hydrogen-bond donors (Lipinski definition) is 0. The smallest absolute Gasteiger partial charge is 0.164 e. The minimum absolute atomic E-state index is 0.0241. The molecule has 0 bridgehead atoms. The number of nitrogens with zero attached hydrogens (tertiary/aromatic N) is 2. The van der Waals surface area contributed by atoms with Gasteiger partial charge in [-0.25, -0.2) is 8.42 Å². The number of aliphatic imine (C=N–C) groups is 1. The first-order valence-corrected chi connectivity index (χ1v) is 12.1. The molecule has 0 aromatic heterocycles. The molecule has 0 amide bonds. The number of benzene rings is 2. The van der Waals surface area contributed by atoms with Crippen LogP contribution in [-0.4, -0.2) is 43.0 Å². The lowest BCUT2D eigenvalue weighted by molar-refractivity contribution is 0.101. The monoisotopic (exact) mass is 434 g/mol. The highest BCUT2D eigenvalue weighted by molar-refractivity contribution is 8.13. The lowest BCUT2D eigenvalue weighted by atomic mass is 10.1. The zero-order chi connectivity index (χ0) is 19.9. The molecule has 0 radical (unpaired) electrons. The highest BCUT2D eigenvalue weighted by Crippen LogP contribution is 2.36. The lowest BCUT2D eigenvalue weighted by Gasteiger charge is -2.26. The summed E-state index contributed by atoms with van der Waals surface area (Å²) in [4.78, 5) is 18.5. The fourth-order valence-electron chi connectivity index (χ4n) is 3.54. The summed E-state index contributed by atoms with van der Waals surface area (Å²) in [7, 11) is -3.11. The average molecular weight is 435 g/mol. The Kier molecular flexibility index (Phi) is 5.24. The van der Waals surface area contributed by atoms with Crippen molar-refractivity contribution in [2.45, 2.75) is 24.8 Å². The van der Waals surface area contributed by atoms with Crippen molar-refractivity contribution in [2.75, 3.05) is 16.4 Å². The van der Waals surface area contributed by atoms with Crippen LogP contribution in [0.3, 0.4) is 0 Å². The van der Waals surface area contributed by atoms with Crippen LogP contribution in [0.5, 0.6) is 0 Å². The van der Waals surface area contributed by atoms with Crippen LogP contribution >= 0.6 is 23.4 Å². The molecular weight excluding hydrogens is 416 g/mol. The molecule has 8 heteroatoms. The van der Waals surface area contributed by atoms with Gasteiger partial charge in [-0.2, -0.15) is 0 Å². The molecule has 0 aliphatic carbocycles. The van der Waals surface area contributed by atoms with Gasteiger partial charge < -0.3 is 4.90 Å². The zero-order valence-electron chi connectivity index (χ0n) is 15.2. The minimum Gasteiger partial charge on any atom is -0.315 e. The predicted molar refractivity (Wildman–Crippen MR) is 115 cm³/mol. The Morgan fingerprint density at radius 1 is 1.21 bits per heavy atom. The topological polar surface area (TPSA) is 66.8 Å². The first-order valence-electron chi connectivity index (χ1n) is 8.88. The first kappa shape index (κ1) is 19.5. The summed E-state index contributed by atoms with van der Waals surface area (Å²) in [5, 5.41) is 1.48. The third-order valence-corrected chi connectivity index (χ3v) is 7.91. The molecule has 2 heterocycles. The van der Waals surface area contributed by atoms with Gasteiger partial charge in [0.2, 0.25) is 0 Å². The molecule has 0 saturated carbocycles. The van der Waals surface area contributed by atoms with Crippen LogP contribution in [0.25, 0.3) is 0 Å². The predicted octanol–water partition coefficient (Wildman–Crippen LogP) is 3.82. The maximum atomic E-state index is 12.1. The fourth-order valence-corrected chi connectivity index (χ4v) is 6.59. The van der Waals surface area contributed by atoms with Crippen molar-refractivity contribution < 1.29 is 13.2 Å². The van der Waals surface area contributed by atoms with E-state index in [0.717, 1.165) is 16.4 Å². The van der Waals surface area contributed by atoms with Crippen LogP contribution in [0.2, 0.25) is 5.02 Å². The first-order chi connectivity index (χ1) is 13.3. The number of amidine groups is 1. The number of thioether (sulfide) groups is 1. The van der Waals surface area contributed by atoms with Crippen molar-refractivity contribution >= 4 is 49.8 Å². The molecule has 0 unspecified atom stereocenters. The quantitative estimate of drug-likeness (QED) is 0.684. The number of halogens is 1. The van der Waals surface area contributed by atoms with Gasteiger partial charge in [-0.05, 0) is 36.8 Å². The normalized spacial score (nSPS) is 22.8. The van der Waals surface area contributed by atoms with E-state index in [0.29, 0.717) is 16.3 Å². The molecule has 28 heavy (non-hydrogen) atoms. The maximum absolute atomic E-state index is 12.1. The summed E-state index contributed by atoms with van der Waals surface area (Å²) in [6, 6.07) is 14.5. The highest BCUT2D eigenvalue weighted by Gasteiger charge is 2.47. The highest BCUT2D eigenvalue weighted by atomic mass is 35.5. The summed E-state index contributed by atoms with van der Waals surface area (Å²) in [5.74, 6) is 0.830. The summed E-state index contributed by atoms with van der Waals surface area (Å²) in [6.07, 6.45) is 0. The number of fused-ring (bicyclic) bond motifs is 1. The standard InChI is InChI=1S/C20H19ClN2O3S2/c1-13(24)15-3-2-4-17(9-15)23-19-12-28(25,26)11-18(19)22-20(23)27-10-14-5-7-16(21)8-6-14/h2-9,18-19H,10-12H2,1H3/t18-,19-/m1/s1. The number of Topliss-reactive ketones (excluding diaryl/α,β-unsaturated/α-hetero) is 1. The van der Waals surface area contributed by atoms with Gasteiger partial charge in [0, 0.05) is 22.0 Å². The number of hydrogen-bond acceptors (Lipinski definition) is 6. The van der Waals surface area contributed by atoms with Gasteiger partial charge in [-0.15, -0.1) is 0 Å². The molecule has 0 spiro atoms. The molecule has 1 saturated heterocycles. The minimum atomic E-state index is -3.11. The van der Waals surface area contributed by atoms with Crippen molar-refractivity contribution in [3.63, 3.8) is 0 Å². The lowest BCUT2D eigenvalue weighted by Crippen LogP contribution is -2.39. The van der Waals surface area contributed by atoms with Crippen molar-refractivity contribution in [3.8, 4) is 0 Å². The number of sulfone groups is 1. The molecule has 146 valence electrons. The average Bonchev–Trinajstić information content (AvgIpc) is 3.12. The molecule has 2 aliphatic rings. The molecule has 2 aromatic rings. The summed E-state index contributed by atoms with van der Waals surface area (Å²) < 4.78 is 24.3. The van der Waals surface area contributed by atoms with E-state index >= 15 is 0 Å². The molecule has 2 atom stereocenters. The fraction of sp³-hybridized carbons (Fsp3) is 0.300. The van der Waals surface area contributed by atoms with Gasteiger partial charge in [0.15, 0.2) is 20.8 Å². The second-order valence-electron chi connectivity index (χ2n) is 7.01. The van der Waals surface area contributed by atoms with Crippen LogP contribution in [0.1, 0.15) is 22.8 Å². The van der Waals surface area contributed by atoms with Crippen LogP contribution in [0.4, 0.5) is 5.69 Å². The molecular formula is C20H19ClN2O3S2. The molecule has 4 rings (SSSR count). The van der Waals surface area contributed by atoms with Gasteiger partial charge in [-0.3, -0.25) is 9.79 Å². The van der Waals surface area contributed by atoms with Gasteiger partial charge >= 0.3 is 0 Å². The second-order valence-corrected chi connectivity index (χ2v) is 10.5. The Bertz CT molecular complexity index is 1050. The number of ketones is 1. The number of carbonyl (C=O) groups excluding carboxylic acids is 1. The van der Waals surface area contributed by atoms with Crippen molar-refractivity contribution in [3.05, 3.63) is 64.7 Å². The Labute approximate surface area is 173 Å². The third kappa shape index (κ3) is 3.97. The van der Waals surface area contributed by atoms with Crippen LogP contribution in [0.15, 0.2) is 53.5 Å². The zero-order valence-corrected chi connectivity index (χ0v) is 17.6. The van der Waals surface area contributed by atoms with E-state index in [4.69, 9.17) is 16.6 Å². The van der Waals surface area contributed by atoms with Crippen molar-refractivity contribution in [2.24, 2.45) is 4.99 Å². The molecule has 2 aliphatic heterocycles. The van der Waals surface area contributed by atoms with E-state index in [-0.39, 0.29) is 29.4 Å². The summed E-state index contributed by atoms with van der Waals surface area (Å²) in [5.41, 5.74) is 2.52. The Balaban J connectivity index is 1.64. The Morgan fingerprint density at radius 2 is 1.96 bits per heavy atom. The molecule has 1 fully saturated rings. The van der Waals surface area contributed by atoms with E-state index < -0.39 is 9.84 Å². The molecule has 5 nitrogen and oxygen atoms in total. The van der Waals surface area contributed by atoms with Crippen LogP contribution < -0.4 is 4.90 Å². The molecule has 0 N–H and O–H groups in total. The van der Waals surface area contributed by atoms with E-state index in [1.807, 2.05) is 47.4 Å². The van der Waals surface area contributed by atoms with E-state index in [9.17, 15) is 13.2 Å². The van der Waals surface area contributed by atoms with Crippen LogP contribution in [-0.2, 0) is 15.6 Å². The Morgan fingerprint density at radius 3 is 2.68 bits per heavy atom. The molecule has 2 aromatic carbocycles. The number of rotatable bonds is 4. The second kappa shape index (κ2) is 7.54. The number of carbonyl (C=O) groups is 1. The van der Waals surface area contributed by atoms with Crippen molar-refractivity contribution in [1.29, 1.82) is 0 Å². The van der Waals surface area contributed by atoms with Crippen molar-refractivity contribution in [1.82, 2.24) is 0 Å². The largest absolute Gasteiger partial charge is 0.315 e. The third-order valence-electron chi connectivity index (χ3n) is 4.92. The van der Waals surface area contributed by atoms with E-state index in [2.05, 4.69) is 0 Å². The van der Waals surface area contributed by atoms with Gasteiger partial charge in [-0.1, -0.05) is 47.6 Å².